The van der Waals surface area contributed by atoms with Gasteiger partial charge in [-0.15, -0.1) is 23.2 Å². The van der Waals surface area contributed by atoms with Crippen LogP contribution in [0.15, 0.2) is 16.9 Å². The minimum atomic E-state index is -0.696. The zero-order valence-electron chi connectivity index (χ0n) is 8.59. The third-order valence-corrected chi connectivity index (χ3v) is 3.10. The standard InChI is InChI=1S/C9H11Cl2N3O2/c1-9(4-10,5-11)12-8(16)6-2-3-7(15)14-13-6/h2-3H,4-5H2,1H3,(H,12,16)(H,14,15). The van der Waals surface area contributed by atoms with Gasteiger partial charge in [0.05, 0.1) is 5.54 Å². The van der Waals surface area contributed by atoms with Crippen LogP contribution in [0, 0.1) is 0 Å². The lowest BCUT2D eigenvalue weighted by Gasteiger charge is -2.25. The summed E-state index contributed by atoms with van der Waals surface area (Å²) in [7, 11) is 0. The number of rotatable bonds is 4. The number of H-pyrrole nitrogens is 1. The first-order valence-electron chi connectivity index (χ1n) is 4.51. The van der Waals surface area contributed by atoms with Crippen LogP contribution in [0.1, 0.15) is 17.4 Å². The zero-order valence-corrected chi connectivity index (χ0v) is 10.1. The van der Waals surface area contributed by atoms with E-state index < -0.39 is 11.4 Å². The van der Waals surface area contributed by atoms with Gasteiger partial charge in [-0.1, -0.05) is 0 Å². The summed E-state index contributed by atoms with van der Waals surface area (Å²) in [4.78, 5) is 22.4. The van der Waals surface area contributed by atoms with E-state index in [9.17, 15) is 9.59 Å². The van der Waals surface area contributed by atoms with Gasteiger partial charge in [-0.05, 0) is 13.0 Å². The van der Waals surface area contributed by atoms with Crippen LogP contribution in [-0.4, -0.2) is 33.4 Å². The van der Waals surface area contributed by atoms with Crippen LogP contribution in [0.2, 0.25) is 0 Å². The highest BCUT2D eigenvalue weighted by Crippen LogP contribution is 2.09. The summed E-state index contributed by atoms with van der Waals surface area (Å²) in [6, 6.07) is 2.55. The number of aromatic nitrogens is 2. The maximum absolute atomic E-state index is 11.7. The van der Waals surface area contributed by atoms with Gasteiger partial charge in [0.1, 0.15) is 5.69 Å². The molecule has 7 heteroatoms. The van der Waals surface area contributed by atoms with E-state index >= 15 is 0 Å². The number of hydrogen-bond donors (Lipinski definition) is 2. The molecule has 0 saturated carbocycles. The van der Waals surface area contributed by atoms with E-state index in [0.717, 1.165) is 0 Å². The van der Waals surface area contributed by atoms with E-state index in [1.54, 1.807) is 6.92 Å². The number of carbonyl (C=O) groups excluding carboxylic acids is 1. The van der Waals surface area contributed by atoms with E-state index in [0.29, 0.717) is 0 Å². The molecule has 0 radical (unpaired) electrons. The third-order valence-electron chi connectivity index (χ3n) is 1.92. The molecular formula is C9H11Cl2N3O2. The molecule has 1 aromatic heterocycles. The Balaban J connectivity index is 2.80. The Morgan fingerprint density at radius 2 is 2.12 bits per heavy atom. The summed E-state index contributed by atoms with van der Waals surface area (Å²) in [5.74, 6) is -0.0583. The molecule has 1 amide bonds. The predicted molar refractivity (Wildman–Crippen MR) is 62.2 cm³/mol. The van der Waals surface area contributed by atoms with Gasteiger partial charge < -0.3 is 5.32 Å². The molecule has 0 unspecified atom stereocenters. The molecule has 88 valence electrons. The summed E-state index contributed by atoms with van der Waals surface area (Å²) in [6.45, 7) is 1.72. The van der Waals surface area contributed by atoms with Gasteiger partial charge in [-0.25, -0.2) is 5.10 Å². The normalized spacial score (nSPS) is 11.2. The molecule has 5 nitrogen and oxygen atoms in total. The lowest BCUT2D eigenvalue weighted by atomic mass is 10.1. The van der Waals surface area contributed by atoms with Crippen molar-refractivity contribution in [1.29, 1.82) is 0 Å². The largest absolute Gasteiger partial charge is 0.343 e. The Hall–Kier alpha value is -1.07. The van der Waals surface area contributed by atoms with Crippen molar-refractivity contribution in [2.45, 2.75) is 12.5 Å². The van der Waals surface area contributed by atoms with Gasteiger partial charge in [-0.3, -0.25) is 9.59 Å². The summed E-state index contributed by atoms with van der Waals surface area (Å²) in [5, 5.41) is 8.41. The van der Waals surface area contributed by atoms with Crippen molar-refractivity contribution >= 4 is 29.1 Å². The van der Waals surface area contributed by atoms with Crippen molar-refractivity contribution in [1.82, 2.24) is 15.5 Å². The number of nitrogens with zero attached hydrogens (tertiary/aromatic N) is 1. The maximum atomic E-state index is 11.7. The van der Waals surface area contributed by atoms with E-state index in [2.05, 4.69) is 15.5 Å². The quantitative estimate of drug-likeness (QED) is 0.787. The minimum Gasteiger partial charge on any atom is -0.343 e. The summed E-state index contributed by atoms with van der Waals surface area (Å²) < 4.78 is 0. The molecule has 0 aliphatic heterocycles. The monoisotopic (exact) mass is 263 g/mol. The average Bonchev–Trinajstić information content (AvgIpc) is 2.29. The summed E-state index contributed by atoms with van der Waals surface area (Å²) >= 11 is 11.4. The molecule has 2 N–H and O–H groups in total. The highest BCUT2D eigenvalue weighted by molar-refractivity contribution is 6.22. The first-order chi connectivity index (χ1) is 7.50. The van der Waals surface area contributed by atoms with Crippen molar-refractivity contribution in [3.63, 3.8) is 0 Å². The molecule has 0 spiro atoms. The Bertz CT molecular complexity index is 409. The second kappa shape index (κ2) is 5.32. The van der Waals surface area contributed by atoms with Crippen molar-refractivity contribution in [2.24, 2.45) is 0 Å². The lowest BCUT2D eigenvalue weighted by Crippen LogP contribution is -2.49. The Kier molecular flexibility index (Phi) is 4.32. The first-order valence-corrected chi connectivity index (χ1v) is 5.58. The number of halogens is 2. The van der Waals surface area contributed by atoms with Crippen LogP contribution in [0.3, 0.4) is 0 Å². The maximum Gasteiger partial charge on any atom is 0.272 e. The fourth-order valence-corrected chi connectivity index (χ4v) is 1.33. The molecule has 0 saturated heterocycles. The van der Waals surface area contributed by atoms with Gasteiger partial charge in [0.25, 0.3) is 11.5 Å². The van der Waals surface area contributed by atoms with E-state index in [1.807, 2.05) is 0 Å². The molecule has 1 heterocycles. The fourth-order valence-electron chi connectivity index (χ4n) is 0.912. The van der Waals surface area contributed by atoms with Crippen LogP contribution >= 0.6 is 23.2 Å². The van der Waals surface area contributed by atoms with Crippen LogP contribution in [0.4, 0.5) is 0 Å². The molecule has 1 aromatic rings. The molecule has 0 aromatic carbocycles. The lowest BCUT2D eigenvalue weighted by molar-refractivity contribution is 0.0915. The van der Waals surface area contributed by atoms with Gasteiger partial charge in [-0.2, -0.15) is 5.10 Å². The molecule has 1 rings (SSSR count). The number of aromatic amines is 1. The second-order valence-electron chi connectivity index (χ2n) is 3.59. The SMILES string of the molecule is CC(CCl)(CCl)NC(=O)c1ccc(=O)[nH]n1. The minimum absolute atomic E-state index is 0.112. The van der Waals surface area contributed by atoms with Crippen LogP contribution in [0.25, 0.3) is 0 Å². The topological polar surface area (TPSA) is 74.8 Å². The van der Waals surface area contributed by atoms with Crippen LogP contribution in [0.5, 0.6) is 0 Å². The van der Waals surface area contributed by atoms with Crippen molar-refractivity contribution in [3.05, 3.63) is 28.2 Å². The summed E-state index contributed by atoms with van der Waals surface area (Å²) in [5.41, 5.74) is -0.951. The first kappa shape index (κ1) is 13.0. The summed E-state index contributed by atoms with van der Waals surface area (Å²) in [6.07, 6.45) is 0. The number of hydrogen-bond acceptors (Lipinski definition) is 3. The second-order valence-corrected chi connectivity index (χ2v) is 4.12. The van der Waals surface area contributed by atoms with E-state index in [1.165, 1.54) is 12.1 Å². The fraction of sp³-hybridized carbons (Fsp3) is 0.444. The average molecular weight is 264 g/mol. The van der Waals surface area contributed by atoms with Crippen molar-refractivity contribution in [2.75, 3.05) is 11.8 Å². The molecule has 0 fully saturated rings. The number of alkyl halides is 2. The van der Waals surface area contributed by atoms with E-state index in [-0.39, 0.29) is 23.0 Å². The molecule has 0 atom stereocenters. The Morgan fingerprint density at radius 1 is 1.50 bits per heavy atom. The number of carbonyl (C=O) groups is 1. The van der Waals surface area contributed by atoms with Gasteiger partial charge in [0.15, 0.2) is 0 Å². The zero-order chi connectivity index (χ0) is 12.2. The molecular weight excluding hydrogens is 253 g/mol. The van der Waals surface area contributed by atoms with E-state index in [4.69, 9.17) is 23.2 Å². The molecule has 0 aliphatic carbocycles. The number of amides is 1. The van der Waals surface area contributed by atoms with Gasteiger partial charge in [0.2, 0.25) is 0 Å². The van der Waals surface area contributed by atoms with Gasteiger partial charge in [0, 0.05) is 17.8 Å². The highest BCUT2D eigenvalue weighted by atomic mass is 35.5. The third kappa shape index (κ3) is 3.21. The van der Waals surface area contributed by atoms with Crippen molar-refractivity contribution < 1.29 is 4.79 Å². The number of nitrogens with one attached hydrogen (secondary N) is 2. The smallest absolute Gasteiger partial charge is 0.272 e. The van der Waals surface area contributed by atoms with Crippen LogP contribution in [-0.2, 0) is 0 Å². The molecule has 0 aliphatic rings. The van der Waals surface area contributed by atoms with Gasteiger partial charge >= 0.3 is 0 Å². The highest BCUT2D eigenvalue weighted by Gasteiger charge is 2.25. The molecule has 0 bridgehead atoms. The predicted octanol–water partition coefficient (Wildman–Crippen LogP) is 0.736. The Labute approximate surface area is 102 Å². The molecule has 16 heavy (non-hydrogen) atoms. The van der Waals surface area contributed by atoms with Crippen molar-refractivity contribution in [3.8, 4) is 0 Å². The van der Waals surface area contributed by atoms with Crippen LogP contribution < -0.4 is 10.9 Å². The Morgan fingerprint density at radius 3 is 2.56 bits per heavy atom.